The van der Waals surface area contributed by atoms with Gasteiger partial charge < -0.3 is 0 Å². The van der Waals surface area contributed by atoms with Gasteiger partial charge >= 0.3 is 0 Å². The van der Waals surface area contributed by atoms with E-state index in [-0.39, 0.29) is 0 Å². The van der Waals surface area contributed by atoms with Gasteiger partial charge in [-0.15, -0.1) is 0 Å². The fraction of sp³-hybridized carbons (Fsp3) is 0.0952. The summed E-state index contributed by atoms with van der Waals surface area (Å²) in [6.45, 7) is 4.26. The minimum absolute atomic E-state index is 1.04. The summed E-state index contributed by atoms with van der Waals surface area (Å²) in [4.78, 5) is 4.88. The largest absolute Gasteiger partial charge is 0.248 e. The SMILES string of the molecule is Cc1cc(C)cc(-c2ccc3c(ccc4ccccc43)n2)c1. The van der Waals surface area contributed by atoms with Crippen LogP contribution in [-0.2, 0) is 0 Å². The lowest BCUT2D eigenvalue weighted by atomic mass is 10.0. The predicted molar refractivity (Wildman–Crippen MR) is 94.2 cm³/mol. The van der Waals surface area contributed by atoms with Crippen molar-refractivity contribution >= 4 is 21.7 Å². The summed E-state index contributed by atoms with van der Waals surface area (Å²) in [5, 5.41) is 3.74. The smallest absolute Gasteiger partial charge is 0.0715 e. The molecule has 0 fully saturated rings. The predicted octanol–water partition coefficient (Wildman–Crippen LogP) is 5.67. The maximum Gasteiger partial charge on any atom is 0.0715 e. The highest BCUT2D eigenvalue weighted by Crippen LogP contribution is 2.27. The van der Waals surface area contributed by atoms with Gasteiger partial charge in [0.1, 0.15) is 0 Å². The lowest BCUT2D eigenvalue weighted by molar-refractivity contribution is 1.34. The van der Waals surface area contributed by atoms with Gasteiger partial charge in [0, 0.05) is 10.9 Å². The third-order valence-corrected chi connectivity index (χ3v) is 4.11. The van der Waals surface area contributed by atoms with Crippen molar-refractivity contribution in [2.75, 3.05) is 0 Å². The van der Waals surface area contributed by atoms with E-state index in [9.17, 15) is 0 Å². The molecule has 22 heavy (non-hydrogen) atoms. The van der Waals surface area contributed by atoms with Gasteiger partial charge in [-0.25, -0.2) is 4.98 Å². The summed E-state index contributed by atoms with van der Waals surface area (Å²) in [6.07, 6.45) is 0. The molecule has 1 heterocycles. The van der Waals surface area contributed by atoms with Crippen LogP contribution in [-0.4, -0.2) is 4.98 Å². The van der Waals surface area contributed by atoms with E-state index >= 15 is 0 Å². The average Bonchev–Trinajstić information content (AvgIpc) is 2.53. The van der Waals surface area contributed by atoms with E-state index in [1.54, 1.807) is 0 Å². The molecule has 3 aromatic carbocycles. The third-order valence-electron chi connectivity index (χ3n) is 4.11. The van der Waals surface area contributed by atoms with Crippen molar-refractivity contribution in [3.05, 3.63) is 77.9 Å². The summed E-state index contributed by atoms with van der Waals surface area (Å²) in [7, 11) is 0. The van der Waals surface area contributed by atoms with Gasteiger partial charge in [-0.05, 0) is 48.9 Å². The van der Waals surface area contributed by atoms with Crippen LogP contribution in [0.15, 0.2) is 66.7 Å². The van der Waals surface area contributed by atoms with E-state index in [2.05, 4.69) is 80.6 Å². The van der Waals surface area contributed by atoms with E-state index in [1.807, 2.05) is 0 Å². The van der Waals surface area contributed by atoms with Crippen LogP contribution >= 0.6 is 0 Å². The van der Waals surface area contributed by atoms with Gasteiger partial charge in [-0.2, -0.15) is 0 Å². The fourth-order valence-electron chi connectivity index (χ4n) is 3.17. The van der Waals surface area contributed by atoms with Crippen LogP contribution in [0.1, 0.15) is 11.1 Å². The molecule has 0 aliphatic carbocycles. The van der Waals surface area contributed by atoms with Gasteiger partial charge in [0.15, 0.2) is 0 Å². The summed E-state index contributed by atoms with van der Waals surface area (Å²) in [5.41, 5.74) is 5.82. The van der Waals surface area contributed by atoms with Gasteiger partial charge in [0.25, 0.3) is 0 Å². The van der Waals surface area contributed by atoms with E-state index in [1.165, 1.54) is 32.8 Å². The zero-order valence-electron chi connectivity index (χ0n) is 12.8. The van der Waals surface area contributed by atoms with Crippen LogP contribution in [0.3, 0.4) is 0 Å². The van der Waals surface area contributed by atoms with Crippen LogP contribution in [0.25, 0.3) is 32.9 Å². The minimum atomic E-state index is 1.04. The molecule has 0 aliphatic rings. The molecule has 0 amide bonds. The Balaban J connectivity index is 1.96. The average molecular weight is 283 g/mol. The fourth-order valence-corrected chi connectivity index (χ4v) is 3.17. The van der Waals surface area contributed by atoms with Crippen LogP contribution in [0, 0.1) is 13.8 Å². The zero-order chi connectivity index (χ0) is 15.1. The number of hydrogen-bond acceptors (Lipinski definition) is 1. The third kappa shape index (κ3) is 2.15. The molecule has 0 aliphatic heterocycles. The Kier molecular flexibility index (Phi) is 2.93. The molecule has 0 saturated heterocycles. The first kappa shape index (κ1) is 13.0. The van der Waals surface area contributed by atoms with Crippen molar-refractivity contribution in [1.82, 2.24) is 4.98 Å². The molecule has 106 valence electrons. The summed E-state index contributed by atoms with van der Waals surface area (Å²) >= 11 is 0. The molecule has 0 radical (unpaired) electrons. The number of nitrogens with zero attached hydrogens (tertiary/aromatic N) is 1. The zero-order valence-corrected chi connectivity index (χ0v) is 12.8. The molecule has 0 N–H and O–H groups in total. The lowest BCUT2D eigenvalue weighted by Crippen LogP contribution is -1.88. The van der Waals surface area contributed by atoms with Crippen LogP contribution in [0.4, 0.5) is 0 Å². The Morgan fingerprint density at radius 3 is 2.27 bits per heavy atom. The number of aryl methyl sites for hydroxylation is 2. The second-order valence-corrected chi connectivity index (χ2v) is 5.93. The Morgan fingerprint density at radius 2 is 1.45 bits per heavy atom. The summed E-state index contributed by atoms with van der Waals surface area (Å²) < 4.78 is 0. The topological polar surface area (TPSA) is 12.9 Å². The number of benzene rings is 3. The highest BCUT2D eigenvalue weighted by Gasteiger charge is 2.05. The molecule has 0 bridgehead atoms. The Labute approximate surface area is 130 Å². The van der Waals surface area contributed by atoms with Crippen molar-refractivity contribution in [2.45, 2.75) is 13.8 Å². The Hall–Kier alpha value is -2.67. The normalized spacial score (nSPS) is 11.2. The second kappa shape index (κ2) is 4.96. The van der Waals surface area contributed by atoms with E-state index in [4.69, 9.17) is 4.98 Å². The minimum Gasteiger partial charge on any atom is -0.248 e. The number of rotatable bonds is 1. The van der Waals surface area contributed by atoms with Crippen molar-refractivity contribution < 1.29 is 0 Å². The van der Waals surface area contributed by atoms with Crippen LogP contribution in [0.5, 0.6) is 0 Å². The first-order valence-electron chi connectivity index (χ1n) is 7.58. The second-order valence-electron chi connectivity index (χ2n) is 5.93. The van der Waals surface area contributed by atoms with E-state index < -0.39 is 0 Å². The van der Waals surface area contributed by atoms with Gasteiger partial charge in [-0.3, -0.25) is 0 Å². The van der Waals surface area contributed by atoms with E-state index in [0.29, 0.717) is 0 Å². The maximum atomic E-state index is 4.88. The monoisotopic (exact) mass is 283 g/mol. The van der Waals surface area contributed by atoms with Crippen molar-refractivity contribution in [2.24, 2.45) is 0 Å². The van der Waals surface area contributed by atoms with Crippen molar-refractivity contribution in [1.29, 1.82) is 0 Å². The molecule has 0 saturated carbocycles. The molecular formula is C21H17N. The summed E-state index contributed by atoms with van der Waals surface area (Å²) in [6, 6.07) is 23.6. The van der Waals surface area contributed by atoms with Gasteiger partial charge in [0.2, 0.25) is 0 Å². The molecule has 1 aromatic heterocycles. The lowest BCUT2D eigenvalue weighted by Gasteiger charge is -2.08. The molecule has 4 aromatic rings. The van der Waals surface area contributed by atoms with Gasteiger partial charge in [0.05, 0.1) is 11.2 Å². The molecule has 4 rings (SSSR count). The van der Waals surface area contributed by atoms with E-state index in [0.717, 1.165) is 11.2 Å². The molecule has 0 spiro atoms. The number of pyridine rings is 1. The first-order valence-corrected chi connectivity index (χ1v) is 7.58. The highest BCUT2D eigenvalue weighted by atomic mass is 14.7. The molecule has 1 heteroatoms. The number of aromatic nitrogens is 1. The summed E-state index contributed by atoms with van der Waals surface area (Å²) in [5.74, 6) is 0. The van der Waals surface area contributed by atoms with Crippen LogP contribution < -0.4 is 0 Å². The Bertz CT molecular complexity index is 979. The number of fused-ring (bicyclic) bond motifs is 3. The molecule has 0 unspecified atom stereocenters. The maximum absolute atomic E-state index is 4.88. The van der Waals surface area contributed by atoms with Crippen molar-refractivity contribution in [3.8, 4) is 11.3 Å². The van der Waals surface area contributed by atoms with Gasteiger partial charge in [-0.1, -0.05) is 53.6 Å². The quantitative estimate of drug-likeness (QED) is 0.410. The highest BCUT2D eigenvalue weighted by molar-refractivity contribution is 6.06. The Morgan fingerprint density at radius 1 is 0.682 bits per heavy atom. The van der Waals surface area contributed by atoms with Crippen molar-refractivity contribution in [3.63, 3.8) is 0 Å². The number of hydrogen-bond donors (Lipinski definition) is 0. The molecule has 0 atom stereocenters. The molecular weight excluding hydrogens is 266 g/mol. The standard InChI is InChI=1S/C21H17N/c1-14-11-15(2)13-17(12-14)20-10-8-19-18-6-4-3-5-16(18)7-9-21(19)22-20/h3-13H,1-2H3. The molecule has 1 nitrogen and oxygen atoms in total. The van der Waals surface area contributed by atoms with Crippen LogP contribution in [0.2, 0.25) is 0 Å². The first-order chi connectivity index (χ1) is 10.7.